The first-order chi connectivity index (χ1) is 7.29. The smallest absolute Gasteiger partial charge is 0.0347 e. The molecule has 2 heteroatoms. The maximum atomic E-state index is 4.07. The van der Waals surface area contributed by atoms with Crippen LogP contribution in [0.1, 0.15) is 45.2 Å². The van der Waals surface area contributed by atoms with Gasteiger partial charge in [-0.1, -0.05) is 27.2 Å². The number of hydrogen-bond acceptors (Lipinski definition) is 2. The van der Waals surface area contributed by atoms with Gasteiger partial charge in [0.25, 0.3) is 0 Å². The molecular formula is C13H22N2. The van der Waals surface area contributed by atoms with E-state index in [2.05, 4.69) is 43.2 Å². The van der Waals surface area contributed by atoms with Crippen molar-refractivity contribution >= 4 is 0 Å². The summed E-state index contributed by atoms with van der Waals surface area (Å²) in [4.78, 5) is 4.07. The second-order valence-corrected chi connectivity index (χ2v) is 4.10. The Labute approximate surface area is 93.1 Å². The minimum atomic E-state index is 0.470. The van der Waals surface area contributed by atoms with Crippen molar-refractivity contribution in [3.8, 4) is 0 Å². The third-order valence-electron chi connectivity index (χ3n) is 2.89. The van der Waals surface area contributed by atoms with Crippen molar-refractivity contribution in [2.75, 3.05) is 6.54 Å². The zero-order valence-corrected chi connectivity index (χ0v) is 10.0. The van der Waals surface area contributed by atoms with Crippen LogP contribution in [0.15, 0.2) is 24.5 Å². The van der Waals surface area contributed by atoms with E-state index < -0.39 is 0 Å². The molecular weight excluding hydrogens is 184 g/mol. The van der Waals surface area contributed by atoms with Gasteiger partial charge in [0.15, 0.2) is 0 Å². The summed E-state index contributed by atoms with van der Waals surface area (Å²) in [6, 6.07) is 4.69. The van der Waals surface area contributed by atoms with Gasteiger partial charge in [0, 0.05) is 18.4 Å². The van der Waals surface area contributed by atoms with Gasteiger partial charge in [-0.25, -0.2) is 0 Å². The van der Waals surface area contributed by atoms with Crippen LogP contribution in [0.25, 0.3) is 0 Å². The maximum Gasteiger partial charge on any atom is 0.0347 e. The summed E-state index contributed by atoms with van der Waals surface area (Å²) >= 11 is 0. The summed E-state index contributed by atoms with van der Waals surface area (Å²) in [5.41, 5.74) is 1.35. The lowest BCUT2D eigenvalue weighted by Gasteiger charge is -2.24. The highest BCUT2D eigenvalue weighted by molar-refractivity contribution is 5.15. The second kappa shape index (κ2) is 6.57. The molecule has 0 radical (unpaired) electrons. The van der Waals surface area contributed by atoms with Crippen molar-refractivity contribution in [2.24, 2.45) is 5.92 Å². The predicted octanol–water partition coefficient (Wildman–Crippen LogP) is 3.17. The van der Waals surface area contributed by atoms with Crippen LogP contribution in [0.2, 0.25) is 0 Å². The average molecular weight is 206 g/mol. The lowest BCUT2D eigenvalue weighted by Crippen LogP contribution is -2.27. The molecule has 0 amide bonds. The fourth-order valence-corrected chi connectivity index (χ4v) is 1.75. The highest BCUT2D eigenvalue weighted by Crippen LogP contribution is 2.23. The molecule has 2 atom stereocenters. The van der Waals surface area contributed by atoms with E-state index in [0.717, 1.165) is 6.54 Å². The van der Waals surface area contributed by atoms with E-state index in [1.807, 2.05) is 12.4 Å². The van der Waals surface area contributed by atoms with E-state index in [1.54, 1.807) is 0 Å². The molecule has 0 bridgehead atoms. The van der Waals surface area contributed by atoms with Crippen molar-refractivity contribution in [3.63, 3.8) is 0 Å². The van der Waals surface area contributed by atoms with Gasteiger partial charge in [-0.05, 0) is 36.6 Å². The van der Waals surface area contributed by atoms with Crippen molar-refractivity contribution in [3.05, 3.63) is 30.1 Å². The van der Waals surface area contributed by atoms with Crippen molar-refractivity contribution < 1.29 is 0 Å². The second-order valence-electron chi connectivity index (χ2n) is 4.10. The zero-order chi connectivity index (χ0) is 11.1. The monoisotopic (exact) mass is 206 g/mol. The predicted molar refractivity (Wildman–Crippen MR) is 64.7 cm³/mol. The fourth-order valence-electron chi connectivity index (χ4n) is 1.75. The number of nitrogens with one attached hydrogen (secondary N) is 1. The van der Waals surface area contributed by atoms with Crippen LogP contribution in [0.3, 0.4) is 0 Å². The Morgan fingerprint density at radius 2 is 1.93 bits per heavy atom. The molecule has 2 unspecified atom stereocenters. The number of nitrogens with zero attached hydrogens (tertiary/aromatic N) is 1. The molecule has 0 aliphatic heterocycles. The van der Waals surface area contributed by atoms with Gasteiger partial charge in [-0.15, -0.1) is 0 Å². The standard InChI is InChI=1S/C13H22N2/c1-4-8-15-13(11(3)5-2)12-6-9-14-10-7-12/h6-7,9-11,13,15H,4-5,8H2,1-3H3. The summed E-state index contributed by atoms with van der Waals surface area (Å²) in [5.74, 6) is 0.666. The molecule has 0 saturated carbocycles. The van der Waals surface area contributed by atoms with Crippen LogP contribution in [0, 0.1) is 5.92 Å². The van der Waals surface area contributed by atoms with Crippen LogP contribution in [-0.4, -0.2) is 11.5 Å². The molecule has 0 aliphatic rings. The molecule has 15 heavy (non-hydrogen) atoms. The largest absolute Gasteiger partial charge is 0.310 e. The zero-order valence-electron chi connectivity index (χ0n) is 10.0. The normalized spacial score (nSPS) is 14.9. The first-order valence-electron chi connectivity index (χ1n) is 5.92. The summed E-state index contributed by atoms with van der Waals surface area (Å²) < 4.78 is 0. The Balaban J connectivity index is 2.72. The molecule has 2 nitrogen and oxygen atoms in total. The van der Waals surface area contributed by atoms with Gasteiger partial charge in [-0.3, -0.25) is 4.98 Å². The van der Waals surface area contributed by atoms with Crippen LogP contribution >= 0.6 is 0 Å². The van der Waals surface area contributed by atoms with Crippen molar-refractivity contribution in [1.29, 1.82) is 0 Å². The SMILES string of the molecule is CCCNC(c1ccncc1)C(C)CC. The van der Waals surface area contributed by atoms with Gasteiger partial charge in [-0.2, -0.15) is 0 Å². The lowest BCUT2D eigenvalue weighted by molar-refractivity contribution is 0.377. The first-order valence-corrected chi connectivity index (χ1v) is 5.92. The third kappa shape index (κ3) is 3.63. The van der Waals surface area contributed by atoms with Crippen LogP contribution in [-0.2, 0) is 0 Å². The topological polar surface area (TPSA) is 24.9 Å². The highest BCUT2D eigenvalue weighted by Gasteiger charge is 2.16. The Kier molecular flexibility index (Phi) is 5.33. The van der Waals surface area contributed by atoms with Gasteiger partial charge in [0.2, 0.25) is 0 Å². The molecule has 84 valence electrons. The van der Waals surface area contributed by atoms with Crippen molar-refractivity contribution in [1.82, 2.24) is 10.3 Å². The molecule has 0 spiro atoms. The molecule has 0 aromatic carbocycles. The lowest BCUT2D eigenvalue weighted by atomic mass is 9.93. The third-order valence-corrected chi connectivity index (χ3v) is 2.89. The summed E-state index contributed by atoms with van der Waals surface area (Å²) in [6.07, 6.45) is 6.12. The molecule has 0 saturated heterocycles. The van der Waals surface area contributed by atoms with Gasteiger partial charge < -0.3 is 5.32 Å². The van der Waals surface area contributed by atoms with Crippen molar-refractivity contribution in [2.45, 2.75) is 39.7 Å². The molecule has 1 N–H and O–H groups in total. The van der Waals surface area contributed by atoms with E-state index >= 15 is 0 Å². The molecule has 1 aromatic heterocycles. The molecule has 1 rings (SSSR count). The fraction of sp³-hybridized carbons (Fsp3) is 0.615. The summed E-state index contributed by atoms with van der Waals surface area (Å²) in [7, 11) is 0. The van der Waals surface area contributed by atoms with Gasteiger partial charge in [0.1, 0.15) is 0 Å². The van der Waals surface area contributed by atoms with Gasteiger partial charge in [0.05, 0.1) is 0 Å². The summed E-state index contributed by atoms with van der Waals surface area (Å²) in [5, 5.41) is 3.61. The number of aromatic nitrogens is 1. The van der Waals surface area contributed by atoms with E-state index in [4.69, 9.17) is 0 Å². The molecule has 0 aliphatic carbocycles. The number of pyridine rings is 1. The maximum absolute atomic E-state index is 4.07. The Hall–Kier alpha value is -0.890. The highest BCUT2D eigenvalue weighted by atomic mass is 14.9. The quantitative estimate of drug-likeness (QED) is 0.773. The summed E-state index contributed by atoms with van der Waals surface area (Å²) in [6.45, 7) is 7.82. The number of hydrogen-bond donors (Lipinski definition) is 1. The van der Waals surface area contributed by atoms with E-state index in [-0.39, 0.29) is 0 Å². The van der Waals surface area contributed by atoms with E-state index in [0.29, 0.717) is 12.0 Å². The average Bonchev–Trinajstić information content (AvgIpc) is 2.30. The van der Waals surface area contributed by atoms with Crippen LogP contribution in [0.4, 0.5) is 0 Å². The Morgan fingerprint density at radius 3 is 2.47 bits per heavy atom. The molecule has 0 fully saturated rings. The molecule has 1 aromatic rings. The van der Waals surface area contributed by atoms with E-state index in [1.165, 1.54) is 18.4 Å². The Bertz CT molecular complexity index is 258. The molecule has 1 heterocycles. The van der Waals surface area contributed by atoms with Crippen LogP contribution < -0.4 is 5.32 Å². The minimum absolute atomic E-state index is 0.470. The Morgan fingerprint density at radius 1 is 1.27 bits per heavy atom. The minimum Gasteiger partial charge on any atom is -0.310 e. The first kappa shape index (κ1) is 12.2. The van der Waals surface area contributed by atoms with Gasteiger partial charge >= 0.3 is 0 Å². The number of rotatable bonds is 6. The van der Waals surface area contributed by atoms with Crippen LogP contribution in [0.5, 0.6) is 0 Å². The van der Waals surface area contributed by atoms with E-state index in [9.17, 15) is 0 Å².